The van der Waals surface area contributed by atoms with Gasteiger partial charge in [0, 0.05) is 32.5 Å². The van der Waals surface area contributed by atoms with Crippen LogP contribution in [-0.4, -0.2) is 36.6 Å². The van der Waals surface area contributed by atoms with Gasteiger partial charge in [0.2, 0.25) is 0 Å². The van der Waals surface area contributed by atoms with E-state index in [1.165, 1.54) is 18.3 Å². The number of rotatable bonds is 10. The molecule has 0 bridgehead atoms. The fourth-order valence-electron chi connectivity index (χ4n) is 2.90. The average Bonchev–Trinajstić information content (AvgIpc) is 2.67. The molecular weight excluding hydrogens is 390 g/mol. The molecule has 1 aromatic carbocycles. The molecule has 2 aromatic rings. The fourth-order valence-corrected chi connectivity index (χ4v) is 2.90. The van der Waals surface area contributed by atoms with Crippen LogP contribution in [0.2, 0.25) is 0 Å². The summed E-state index contributed by atoms with van der Waals surface area (Å²) in [5, 5.41) is 3.98. The van der Waals surface area contributed by atoms with Crippen LogP contribution in [0.25, 0.3) is 0 Å². The van der Waals surface area contributed by atoms with E-state index in [1.807, 2.05) is 0 Å². The molecule has 0 aliphatic heterocycles. The maximum atomic E-state index is 15.3. The molecule has 0 aliphatic rings. The molecule has 4 N–H and O–H groups in total. The summed E-state index contributed by atoms with van der Waals surface area (Å²) in [6, 6.07) is 5.14. The second-order valence-electron chi connectivity index (χ2n) is 6.45. The fraction of sp³-hybridized carbons (Fsp3) is 0.368. The summed E-state index contributed by atoms with van der Waals surface area (Å²) in [7, 11) is 1.58. The molecule has 1 heterocycles. The normalized spacial score (nSPS) is 13.0. The highest BCUT2D eigenvalue weighted by Gasteiger charge is 2.45. The van der Waals surface area contributed by atoms with Crippen molar-refractivity contribution in [2.24, 2.45) is 16.8 Å². The Morgan fingerprint density at radius 1 is 1.28 bits per heavy atom. The van der Waals surface area contributed by atoms with E-state index >= 15 is 8.78 Å². The molecule has 0 fully saturated rings. The minimum absolute atomic E-state index is 0.400. The van der Waals surface area contributed by atoms with Crippen molar-refractivity contribution in [3.8, 4) is 0 Å². The number of hydrazone groups is 1. The molecular formula is C19H23F4N5O. The lowest BCUT2D eigenvalue weighted by atomic mass is 9.89. The smallest absolute Gasteiger partial charge is 0.298 e. The molecule has 1 aromatic heterocycles. The number of hydrogen-bond donors (Lipinski definition) is 2. The molecule has 0 saturated carbocycles. The van der Waals surface area contributed by atoms with E-state index in [4.69, 9.17) is 16.4 Å². The van der Waals surface area contributed by atoms with Gasteiger partial charge in [-0.15, -0.1) is 0 Å². The van der Waals surface area contributed by atoms with Crippen LogP contribution in [0.15, 0.2) is 41.6 Å². The quantitative estimate of drug-likeness (QED) is 0.156. The van der Waals surface area contributed by atoms with E-state index < -0.39 is 41.3 Å². The lowest BCUT2D eigenvalue weighted by Crippen LogP contribution is -2.40. The first-order chi connectivity index (χ1) is 13.8. The van der Waals surface area contributed by atoms with E-state index in [0.29, 0.717) is 19.1 Å². The molecule has 0 saturated heterocycles. The van der Waals surface area contributed by atoms with Crippen LogP contribution >= 0.6 is 0 Å². The third-order valence-electron chi connectivity index (χ3n) is 4.36. The Balaban J connectivity index is 2.36. The number of benzene rings is 1. The number of methoxy groups -OCH3 is 1. The van der Waals surface area contributed by atoms with E-state index in [9.17, 15) is 8.78 Å². The summed E-state index contributed by atoms with van der Waals surface area (Å²) in [6.45, 7) is 0.00633. The number of ether oxygens (including phenoxy) is 1. The Bertz CT molecular complexity index is 817. The Kier molecular flexibility index (Phi) is 7.91. The number of hydrazine groups is 1. The highest BCUT2D eigenvalue weighted by molar-refractivity contribution is 5.53. The van der Waals surface area contributed by atoms with Crippen LogP contribution in [0, 0.1) is 11.6 Å². The Labute approximate surface area is 166 Å². The van der Waals surface area contributed by atoms with Crippen molar-refractivity contribution >= 4 is 6.34 Å². The summed E-state index contributed by atoms with van der Waals surface area (Å²) in [5.74, 6) is 3.25. The first-order valence-electron chi connectivity index (χ1n) is 8.81. The summed E-state index contributed by atoms with van der Waals surface area (Å²) in [4.78, 5) is 3.87. The third kappa shape index (κ3) is 5.88. The van der Waals surface area contributed by atoms with Crippen molar-refractivity contribution in [2.45, 2.75) is 24.7 Å². The Morgan fingerprint density at radius 3 is 2.62 bits per heavy atom. The van der Waals surface area contributed by atoms with Crippen LogP contribution in [0.3, 0.4) is 0 Å². The maximum Gasteiger partial charge on any atom is 0.298 e. The summed E-state index contributed by atoms with van der Waals surface area (Å²) >= 11 is 0. The lowest BCUT2D eigenvalue weighted by molar-refractivity contribution is -0.0443. The SMILES string of the molecule is COCCCc1ccc(C(F)(F)C(CN(N)/C=N\N)c2ccc(F)cc2F)nc1. The molecule has 1 atom stereocenters. The first-order valence-corrected chi connectivity index (χ1v) is 8.81. The highest BCUT2D eigenvalue weighted by Crippen LogP contribution is 2.42. The van der Waals surface area contributed by atoms with E-state index in [-0.39, 0.29) is 0 Å². The van der Waals surface area contributed by atoms with Crippen LogP contribution < -0.4 is 11.7 Å². The molecule has 158 valence electrons. The van der Waals surface area contributed by atoms with E-state index in [1.54, 1.807) is 7.11 Å². The number of hydrogen-bond acceptors (Lipinski definition) is 5. The summed E-state index contributed by atoms with van der Waals surface area (Å²) in [5.41, 5.74) is -0.190. The molecule has 0 amide bonds. The van der Waals surface area contributed by atoms with Crippen molar-refractivity contribution < 1.29 is 22.3 Å². The van der Waals surface area contributed by atoms with Crippen molar-refractivity contribution in [3.05, 3.63) is 65.0 Å². The number of aromatic nitrogens is 1. The van der Waals surface area contributed by atoms with Crippen LogP contribution in [0.5, 0.6) is 0 Å². The molecule has 29 heavy (non-hydrogen) atoms. The standard InChI is InChI=1S/C19H23F4N5O/c1-29-8-2-3-13-4-7-18(26-10-13)19(22,23)16(11-28(25)12-27-24)15-6-5-14(20)9-17(15)21/h4-7,9-10,12,16H,2-3,8,11,24-25H2,1H3/b27-12-. The second-order valence-corrected chi connectivity index (χ2v) is 6.45. The number of halogens is 4. The van der Waals surface area contributed by atoms with Gasteiger partial charge < -0.3 is 10.6 Å². The number of nitrogens with zero attached hydrogens (tertiary/aromatic N) is 3. The average molecular weight is 413 g/mol. The monoisotopic (exact) mass is 413 g/mol. The lowest BCUT2D eigenvalue weighted by Gasteiger charge is -2.29. The summed E-state index contributed by atoms with van der Waals surface area (Å²) < 4.78 is 63.2. The van der Waals surface area contributed by atoms with Crippen molar-refractivity contribution in [3.63, 3.8) is 0 Å². The molecule has 10 heteroatoms. The zero-order valence-corrected chi connectivity index (χ0v) is 15.9. The second kappa shape index (κ2) is 10.2. The predicted octanol–water partition coefficient (Wildman–Crippen LogP) is 2.89. The van der Waals surface area contributed by atoms with Gasteiger partial charge in [-0.25, -0.2) is 14.6 Å². The molecule has 2 rings (SSSR count). The van der Waals surface area contributed by atoms with E-state index in [0.717, 1.165) is 35.5 Å². The van der Waals surface area contributed by atoms with Gasteiger partial charge in [0.15, 0.2) is 0 Å². The maximum absolute atomic E-state index is 15.3. The number of aryl methyl sites for hydroxylation is 1. The van der Waals surface area contributed by atoms with Gasteiger partial charge in [-0.3, -0.25) is 9.99 Å². The molecule has 0 spiro atoms. The van der Waals surface area contributed by atoms with Crippen molar-refractivity contribution in [1.29, 1.82) is 0 Å². The topological polar surface area (TPSA) is 89.8 Å². The molecule has 6 nitrogen and oxygen atoms in total. The predicted molar refractivity (Wildman–Crippen MR) is 101 cm³/mol. The number of alkyl halides is 2. The Morgan fingerprint density at radius 2 is 2.03 bits per heavy atom. The molecule has 0 aliphatic carbocycles. The zero-order chi connectivity index (χ0) is 21.4. The number of nitrogens with two attached hydrogens (primary N) is 2. The van der Waals surface area contributed by atoms with Gasteiger partial charge in [0.25, 0.3) is 5.92 Å². The van der Waals surface area contributed by atoms with Gasteiger partial charge in [-0.2, -0.15) is 13.9 Å². The van der Waals surface area contributed by atoms with Crippen LogP contribution in [-0.2, 0) is 17.1 Å². The molecule has 1 unspecified atom stereocenters. The van der Waals surface area contributed by atoms with Gasteiger partial charge in [0.1, 0.15) is 23.7 Å². The van der Waals surface area contributed by atoms with Gasteiger partial charge in [0.05, 0.1) is 5.92 Å². The van der Waals surface area contributed by atoms with Crippen LogP contribution in [0.1, 0.15) is 29.2 Å². The minimum atomic E-state index is -3.61. The van der Waals surface area contributed by atoms with Crippen molar-refractivity contribution in [1.82, 2.24) is 9.99 Å². The number of pyridine rings is 1. The largest absolute Gasteiger partial charge is 0.385 e. The van der Waals surface area contributed by atoms with Crippen LogP contribution in [0.4, 0.5) is 17.6 Å². The van der Waals surface area contributed by atoms with Crippen molar-refractivity contribution in [2.75, 3.05) is 20.3 Å². The van der Waals surface area contributed by atoms with Gasteiger partial charge >= 0.3 is 0 Å². The zero-order valence-electron chi connectivity index (χ0n) is 15.9. The van der Waals surface area contributed by atoms with Gasteiger partial charge in [-0.1, -0.05) is 12.1 Å². The van der Waals surface area contributed by atoms with E-state index in [2.05, 4.69) is 10.1 Å². The minimum Gasteiger partial charge on any atom is -0.385 e. The van der Waals surface area contributed by atoms with Gasteiger partial charge in [-0.05, 0) is 36.1 Å². The molecule has 0 radical (unpaired) electrons. The first kappa shape index (κ1) is 22.6. The highest BCUT2D eigenvalue weighted by atomic mass is 19.3. The third-order valence-corrected chi connectivity index (χ3v) is 4.36. The Hall–Kier alpha value is -2.72. The summed E-state index contributed by atoms with van der Waals surface area (Å²) in [6.07, 6.45) is 3.61.